The first-order valence-corrected chi connectivity index (χ1v) is 11.8. The van der Waals surface area contributed by atoms with Crippen LogP contribution in [-0.4, -0.2) is 15.0 Å². The molecule has 0 radical (unpaired) electrons. The highest BCUT2D eigenvalue weighted by atomic mass is 32.1. The molecule has 0 unspecified atom stereocenters. The summed E-state index contributed by atoms with van der Waals surface area (Å²) in [6.07, 6.45) is 1.42. The molecule has 2 aliphatic carbocycles. The van der Waals surface area contributed by atoms with Gasteiger partial charge < -0.3 is 14.6 Å². The lowest BCUT2D eigenvalue weighted by Gasteiger charge is -2.21. The molecular weight excluding hydrogens is 464 g/mol. The van der Waals surface area contributed by atoms with Crippen molar-refractivity contribution < 1.29 is 18.3 Å². The summed E-state index contributed by atoms with van der Waals surface area (Å²) >= 11 is 0.970. The molecule has 2 N–H and O–H groups in total. The number of halogens is 2. The molecule has 2 saturated carbocycles. The zero-order valence-corrected chi connectivity index (χ0v) is 18.6. The van der Waals surface area contributed by atoms with Crippen LogP contribution in [0, 0.1) is 11.6 Å². The zero-order valence-electron chi connectivity index (χ0n) is 17.8. The minimum atomic E-state index is -1.25. The van der Waals surface area contributed by atoms with E-state index < -0.39 is 34.3 Å². The van der Waals surface area contributed by atoms with E-state index in [2.05, 4.69) is 9.69 Å². The van der Waals surface area contributed by atoms with Crippen molar-refractivity contribution in [3.8, 4) is 0 Å². The Hall–Kier alpha value is -3.53. The summed E-state index contributed by atoms with van der Waals surface area (Å²) in [5.41, 5.74) is -2.04. The van der Waals surface area contributed by atoms with Gasteiger partial charge in [0.25, 0.3) is 5.56 Å². The van der Waals surface area contributed by atoms with Crippen molar-refractivity contribution in [1.82, 2.24) is 14.3 Å². The van der Waals surface area contributed by atoms with Crippen LogP contribution in [0.5, 0.6) is 0 Å². The van der Waals surface area contributed by atoms with E-state index in [9.17, 15) is 14.4 Å². The number of hydrogen-bond acceptors (Lipinski definition) is 5. The Kier molecular flexibility index (Phi) is 4.63. The summed E-state index contributed by atoms with van der Waals surface area (Å²) in [6, 6.07) is 9.99. The van der Waals surface area contributed by atoms with Crippen LogP contribution in [-0.2, 0) is 16.9 Å². The molecule has 2 fully saturated rings. The van der Waals surface area contributed by atoms with Crippen molar-refractivity contribution in [2.75, 3.05) is 0 Å². The van der Waals surface area contributed by atoms with Crippen molar-refractivity contribution in [2.24, 2.45) is 0 Å². The molecule has 7 nitrogen and oxygen atoms in total. The van der Waals surface area contributed by atoms with E-state index in [0.717, 1.165) is 36.0 Å². The van der Waals surface area contributed by atoms with E-state index in [1.807, 2.05) is 18.2 Å². The Bertz CT molecular complexity index is 1580. The molecule has 10 heteroatoms. The van der Waals surface area contributed by atoms with Crippen molar-refractivity contribution in [3.63, 3.8) is 0 Å². The van der Waals surface area contributed by atoms with E-state index in [4.69, 9.17) is 4.74 Å². The fraction of sp³-hybridized carbons (Fsp3) is 0.292. The number of aromatic nitrogens is 2. The molecule has 2 aliphatic rings. The molecule has 0 spiro atoms. The van der Waals surface area contributed by atoms with Crippen molar-refractivity contribution in [1.29, 1.82) is 0 Å². The number of H-pyrrole nitrogens is 1. The van der Waals surface area contributed by atoms with Gasteiger partial charge >= 0.3 is 6.09 Å². The molecule has 34 heavy (non-hydrogen) atoms. The Balaban J connectivity index is 1.43. The van der Waals surface area contributed by atoms with Gasteiger partial charge in [0.15, 0.2) is 5.82 Å². The van der Waals surface area contributed by atoms with Crippen LogP contribution in [0.3, 0.4) is 0 Å². The number of hydrogen-bond donors (Lipinski definition) is 2. The highest BCUT2D eigenvalue weighted by Crippen LogP contribution is 2.49. The van der Waals surface area contributed by atoms with Crippen LogP contribution in [0.15, 0.2) is 46.0 Å². The Morgan fingerprint density at radius 1 is 1.21 bits per heavy atom. The monoisotopic (exact) mass is 483 g/mol. The third-order valence-electron chi connectivity index (χ3n) is 6.50. The molecule has 6 rings (SSSR count). The second-order valence-corrected chi connectivity index (χ2v) is 9.65. The Morgan fingerprint density at radius 3 is 2.62 bits per heavy atom. The van der Waals surface area contributed by atoms with Crippen LogP contribution in [0.2, 0.25) is 0 Å². The summed E-state index contributed by atoms with van der Waals surface area (Å²) in [5.74, 6) is -1.82. The molecule has 4 aromatic rings. The highest BCUT2D eigenvalue weighted by Gasteiger charge is 2.50. The second-order valence-electron chi connectivity index (χ2n) is 8.86. The van der Waals surface area contributed by atoms with Gasteiger partial charge in [0.2, 0.25) is 5.43 Å². The molecule has 174 valence electrons. The van der Waals surface area contributed by atoms with E-state index in [1.165, 1.54) is 0 Å². The molecule has 0 bridgehead atoms. The fourth-order valence-electron chi connectivity index (χ4n) is 4.55. The number of nitrogens with zero attached hydrogens (tertiary/aromatic N) is 1. The summed E-state index contributed by atoms with van der Waals surface area (Å²) in [5, 5.41) is 2.38. The normalized spacial score (nSPS) is 16.6. The lowest BCUT2D eigenvalue weighted by Crippen LogP contribution is -2.37. The molecule has 2 aromatic carbocycles. The largest absolute Gasteiger partial charge is 0.445 e. The van der Waals surface area contributed by atoms with Gasteiger partial charge in [-0.05, 0) is 48.8 Å². The van der Waals surface area contributed by atoms with Gasteiger partial charge in [-0.25, -0.2) is 13.6 Å². The summed E-state index contributed by atoms with van der Waals surface area (Å²) in [6.45, 7) is 0.0248. The van der Waals surface area contributed by atoms with Crippen LogP contribution >= 0.6 is 11.5 Å². The topological polar surface area (TPSA) is 93.2 Å². The SMILES string of the molecule is O=C(NC1(c2c(F)cc3c(=O)c4c(=O)[nH]sc4n(C4CC4)c3c2F)CC1)OCc1ccccc1. The molecule has 0 aliphatic heterocycles. The summed E-state index contributed by atoms with van der Waals surface area (Å²) < 4.78 is 40.8. The number of alkyl carbamates (subject to hydrolysis) is 1. The molecule has 1 amide bonds. The number of aromatic amines is 1. The maximum atomic E-state index is 16.1. The number of carbonyl (C=O) groups excluding carboxylic acids is 1. The number of ether oxygens (including phenoxy) is 1. The van der Waals surface area contributed by atoms with E-state index in [0.29, 0.717) is 17.7 Å². The van der Waals surface area contributed by atoms with Gasteiger partial charge in [-0.2, -0.15) is 0 Å². The lowest BCUT2D eigenvalue weighted by atomic mass is 9.99. The highest BCUT2D eigenvalue weighted by molar-refractivity contribution is 7.12. The van der Waals surface area contributed by atoms with Crippen molar-refractivity contribution in [2.45, 2.75) is 43.9 Å². The van der Waals surface area contributed by atoms with Gasteiger partial charge in [-0.15, -0.1) is 0 Å². The second kappa shape index (κ2) is 7.49. The predicted molar refractivity (Wildman–Crippen MR) is 123 cm³/mol. The van der Waals surface area contributed by atoms with Crippen molar-refractivity contribution >= 4 is 38.7 Å². The number of amides is 1. The minimum absolute atomic E-state index is 0.0248. The van der Waals surface area contributed by atoms with Gasteiger partial charge in [0.05, 0.1) is 22.0 Å². The molecule has 0 saturated heterocycles. The number of benzene rings is 2. The minimum Gasteiger partial charge on any atom is -0.445 e. The summed E-state index contributed by atoms with van der Waals surface area (Å²) in [4.78, 5) is 38.0. The van der Waals surface area contributed by atoms with Crippen LogP contribution in [0.4, 0.5) is 13.6 Å². The third-order valence-corrected chi connectivity index (χ3v) is 7.38. The van der Waals surface area contributed by atoms with E-state index >= 15 is 8.78 Å². The molecule has 2 aromatic heterocycles. The molecular formula is C24H19F2N3O4S. The van der Waals surface area contributed by atoms with Gasteiger partial charge in [0, 0.05) is 6.04 Å². The number of pyridine rings is 1. The number of nitrogens with one attached hydrogen (secondary N) is 2. The van der Waals surface area contributed by atoms with Gasteiger partial charge in [-0.3, -0.25) is 14.0 Å². The maximum absolute atomic E-state index is 16.1. The average molecular weight is 483 g/mol. The first-order valence-electron chi connectivity index (χ1n) is 11.0. The average Bonchev–Trinajstić information content (AvgIpc) is 3.74. The van der Waals surface area contributed by atoms with E-state index in [1.54, 1.807) is 16.7 Å². The van der Waals surface area contributed by atoms with Crippen LogP contribution < -0.4 is 16.3 Å². The van der Waals surface area contributed by atoms with Crippen LogP contribution in [0.25, 0.3) is 21.1 Å². The molecule has 2 heterocycles. The van der Waals surface area contributed by atoms with E-state index in [-0.39, 0.29) is 34.5 Å². The van der Waals surface area contributed by atoms with Crippen molar-refractivity contribution in [3.05, 3.63) is 79.7 Å². The zero-order chi connectivity index (χ0) is 23.6. The molecule has 0 atom stereocenters. The maximum Gasteiger partial charge on any atom is 0.408 e. The quantitative estimate of drug-likeness (QED) is 0.439. The Morgan fingerprint density at radius 2 is 1.94 bits per heavy atom. The van der Waals surface area contributed by atoms with Gasteiger partial charge in [0.1, 0.15) is 22.6 Å². The third kappa shape index (κ3) is 3.24. The number of carbonyl (C=O) groups is 1. The first kappa shape index (κ1) is 21.0. The summed E-state index contributed by atoms with van der Waals surface area (Å²) in [7, 11) is 0. The lowest BCUT2D eigenvalue weighted by molar-refractivity contribution is 0.133. The standard InChI is InChI=1S/C24H19F2N3O4S/c25-15-10-14-19(29(13-6-7-13)22-16(20(14)30)21(31)28-34-22)18(26)17(15)24(8-9-24)27-23(32)33-11-12-4-2-1-3-5-12/h1-5,10,13H,6-9,11H2,(H,27,32)(H,28,31). The number of fused-ring (bicyclic) bond motifs is 2. The van der Waals surface area contributed by atoms with Crippen LogP contribution in [0.1, 0.15) is 42.9 Å². The first-order chi connectivity index (χ1) is 16.4. The fourth-order valence-corrected chi connectivity index (χ4v) is 5.47. The smallest absolute Gasteiger partial charge is 0.408 e. The predicted octanol–water partition coefficient (Wildman–Crippen LogP) is 4.43. The Labute approximate surface area is 195 Å². The number of rotatable bonds is 5. The van der Waals surface area contributed by atoms with Gasteiger partial charge in [-0.1, -0.05) is 30.3 Å².